The maximum absolute atomic E-state index is 12.4. The Balaban J connectivity index is 1.81. The largest absolute Gasteiger partial charge is 0.493 e. The van der Waals surface area contributed by atoms with Crippen molar-refractivity contribution in [3.8, 4) is 29.1 Å². The predicted molar refractivity (Wildman–Crippen MR) is 127 cm³/mol. The normalized spacial score (nSPS) is 11.2. The molecule has 7 nitrogen and oxygen atoms in total. The van der Waals surface area contributed by atoms with E-state index in [2.05, 4.69) is 18.3 Å². The van der Waals surface area contributed by atoms with Crippen molar-refractivity contribution in [3.05, 3.63) is 47.5 Å². The molecule has 1 atom stereocenters. The molecule has 2 aromatic carbocycles. The fourth-order valence-electron chi connectivity index (χ4n) is 3.28. The third kappa shape index (κ3) is 8.23. The second kappa shape index (κ2) is 13.9. The lowest BCUT2D eigenvalue weighted by molar-refractivity contribution is -0.121. The van der Waals surface area contributed by atoms with E-state index in [1.165, 1.54) is 7.11 Å². The molecule has 178 valence electrons. The number of hydrogen-bond acceptors (Lipinski definition) is 6. The first kappa shape index (κ1) is 25.9. The van der Waals surface area contributed by atoms with Crippen LogP contribution in [0.2, 0.25) is 0 Å². The number of ether oxygens (including phenoxy) is 4. The third-order valence-corrected chi connectivity index (χ3v) is 5.17. The van der Waals surface area contributed by atoms with E-state index in [1.807, 2.05) is 25.1 Å². The molecule has 0 spiro atoms. The van der Waals surface area contributed by atoms with Crippen LogP contribution in [0.3, 0.4) is 0 Å². The molecular formula is C26H34N2O5. The molecule has 2 rings (SSSR count). The van der Waals surface area contributed by atoms with Gasteiger partial charge in [0.1, 0.15) is 0 Å². The molecule has 0 aromatic heterocycles. The molecule has 0 heterocycles. The molecule has 0 fully saturated rings. The van der Waals surface area contributed by atoms with E-state index in [1.54, 1.807) is 25.3 Å². The van der Waals surface area contributed by atoms with Crippen LogP contribution in [0.25, 0.3) is 0 Å². The summed E-state index contributed by atoms with van der Waals surface area (Å²) in [7, 11) is 3.14. The van der Waals surface area contributed by atoms with E-state index in [0.29, 0.717) is 54.6 Å². The molecule has 0 aliphatic heterocycles. The number of carbonyl (C=O) groups is 1. The van der Waals surface area contributed by atoms with Crippen molar-refractivity contribution < 1.29 is 23.7 Å². The summed E-state index contributed by atoms with van der Waals surface area (Å²) in [5, 5.41) is 12.0. The van der Waals surface area contributed by atoms with Crippen molar-refractivity contribution in [2.75, 3.05) is 27.4 Å². The van der Waals surface area contributed by atoms with Crippen molar-refractivity contribution in [3.63, 3.8) is 0 Å². The molecule has 0 saturated carbocycles. The molecule has 33 heavy (non-hydrogen) atoms. The number of rotatable bonds is 14. The lowest BCUT2D eigenvalue weighted by atomic mass is 10.1. The summed E-state index contributed by atoms with van der Waals surface area (Å²) in [5.41, 5.74) is 1.44. The highest BCUT2D eigenvalue weighted by molar-refractivity contribution is 5.76. The highest BCUT2D eigenvalue weighted by atomic mass is 16.5. The van der Waals surface area contributed by atoms with E-state index >= 15 is 0 Å². The van der Waals surface area contributed by atoms with Crippen LogP contribution in [0.5, 0.6) is 23.0 Å². The van der Waals surface area contributed by atoms with Crippen molar-refractivity contribution in [1.82, 2.24) is 5.32 Å². The van der Waals surface area contributed by atoms with Gasteiger partial charge in [0.05, 0.1) is 45.1 Å². The van der Waals surface area contributed by atoms with E-state index in [4.69, 9.17) is 24.2 Å². The van der Waals surface area contributed by atoms with Crippen LogP contribution >= 0.6 is 0 Å². The Labute approximate surface area is 196 Å². The predicted octanol–water partition coefficient (Wildman–Crippen LogP) is 5.18. The van der Waals surface area contributed by atoms with Gasteiger partial charge in [-0.25, -0.2) is 0 Å². The van der Waals surface area contributed by atoms with E-state index in [-0.39, 0.29) is 11.9 Å². The van der Waals surface area contributed by atoms with Crippen LogP contribution in [0.1, 0.15) is 63.1 Å². The van der Waals surface area contributed by atoms with Crippen molar-refractivity contribution in [2.24, 2.45) is 0 Å². The fourth-order valence-corrected chi connectivity index (χ4v) is 3.28. The molecule has 0 aliphatic carbocycles. The average Bonchev–Trinajstić information content (AvgIpc) is 2.84. The maximum Gasteiger partial charge on any atom is 0.220 e. The second-order valence-electron chi connectivity index (χ2n) is 7.68. The summed E-state index contributed by atoms with van der Waals surface area (Å²) >= 11 is 0. The Bertz CT molecular complexity index is 939. The van der Waals surface area contributed by atoms with Crippen molar-refractivity contribution >= 4 is 5.91 Å². The number of nitriles is 1. The second-order valence-corrected chi connectivity index (χ2v) is 7.68. The number of hydrogen-bond donors (Lipinski definition) is 1. The summed E-state index contributed by atoms with van der Waals surface area (Å²) in [5.74, 6) is 2.37. The van der Waals surface area contributed by atoms with Gasteiger partial charge in [-0.05, 0) is 49.6 Å². The van der Waals surface area contributed by atoms with Gasteiger partial charge in [-0.3, -0.25) is 4.79 Å². The van der Waals surface area contributed by atoms with E-state index in [9.17, 15) is 4.79 Å². The zero-order valence-corrected chi connectivity index (χ0v) is 20.0. The Morgan fingerprint density at radius 1 is 0.939 bits per heavy atom. The highest BCUT2D eigenvalue weighted by Gasteiger charge is 2.13. The van der Waals surface area contributed by atoms with E-state index in [0.717, 1.165) is 24.8 Å². The van der Waals surface area contributed by atoms with Gasteiger partial charge in [-0.2, -0.15) is 5.26 Å². The number of nitrogens with one attached hydrogen (secondary N) is 1. The molecule has 2 aromatic rings. The van der Waals surface area contributed by atoms with Crippen LogP contribution in [0, 0.1) is 11.3 Å². The van der Waals surface area contributed by atoms with Gasteiger partial charge in [0.25, 0.3) is 0 Å². The summed E-state index contributed by atoms with van der Waals surface area (Å²) in [6.07, 6.45) is 4.17. The molecule has 1 amide bonds. The smallest absolute Gasteiger partial charge is 0.220 e. The number of amides is 1. The van der Waals surface area contributed by atoms with Crippen LogP contribution < -0.4 is 24.3 Å². The number of unbranched alkanes of at least 4 members (excludes halogenated alkanes) is 2. The molecule has 0 bridgehead atoms. The molecular weight excluding hydrogens is 420 g/mol. The molecule has 0 saturated heterocycles. The number of nitrogens with zero attached hydrogens (tertiary/aromatic N) is 1. The van der Waals surface area contributed by atoms with Crippen molar-refractivity contribution in [1.29, 1.82) is 5.26 Å². The van der Waals surface area contributed by atoms with Gasteiger partial charge in [-0.1, -0.05) is 25.8 Å². The first-order valence-corrected chi connectivity index (χ1v) is 11.3. The zero-order chi connectivity index (χ0) is 24.1. The Kier molecular flexibility index (Phi) is 10.9. The first-order valence-electron chi connectivity index (χ1n) is 11.3. The Morgan fingerprint density at radius 2 is 1.58 bits per heavy atom. The van der Waals surface area contributed by atoms with Crippen LogP contribution in [-0.4, -0.2) is 33.3 Å². The number of carbonyl (C=O) groups excluding carboxylic acids is 1. The molecule has 0 radical (unpaired) electrons. The standard InChI is InChI=1S/C26H34N2O5/c1-5-6-7-14-32-23-13-11-21(17-25(23)31-4)19(2)28-26(29)9-8-15-33-22-12-10-20(18-27)16-24(22)30-3/h10-13,16-17,19H,5-9,14-15H2,1-4H3,(H,28,29). The topological polar surface area (TPSA) is 89.8 Å². The summed E-state index contributed by atoms with van der Waals surface area (Å²) in [6.45, 7) is 5.12. The van der Waals surface area contributed by atoms with Gasteiger partial charge in [0.2, 0.25) is 5.91 Å². The minimum absolute atomic E-state index is 0.0586. The first-order chi connectivity index (χ1) is 16.0. The molecule has 0 aliphatic rings. The quantitative estimate of drug-likeness (QED) is 0.396. The fraction of sp³-hybridized carbons (Fsp3) is 0.462. The summed E-state index contributed by atoms with van der Waals surface area (Å²) < 4.78 is 22.3. The van der Waals surface area contributed by atoms with Gasteiger partial charge < -0.3 is 24.3 Å². The minimum Gasteiger partial charge on any atom is -0.493 e. The van der Waals surface area contributed by atoms with Crippen LogP contribution in [0.4, 0.5) is 0 Å². The number of methoxy groups -OCH3 is 2. The average molecular weight is 455 g/mol. The summed E-state index contributed by atoms with van der Waals surface area (Å²) in [4.78, 5) is 12.4. The SMILES string of the molecule is CCCCCOc1ccc(C(C)NC(=O)CCCOc2ccc(C#N)cc2OC)cc1OC. The van der Waals surface area contributed by atoms with Crippen LogP contribution in [-0.2, 0) is 4.79 Å². The van der Waals surface area contributed by atoms with Gasteiger partial charge in [0, 0.05) is 12.5 Å². The summed E-state index contributed by atoms with van der Waals surface area (Å²) in [6, 6.07) is 12.6. The Hall–Kier alpha value is -3.40. The monoisotopic (exact) mass is 454 g/mol. The lowest BCUT2D eigenvalue weighted by Crippen LogP contribution is -2.26. The minimum atomic E-state index is -0.167. The van der Waals surface area contributed by atoms with Crippen molar-refractivity contribution in [2.45, 2.75) is 52.0 Å². The van der Waals surface area contributed by atoms with E-state index < -0.39 is 0 Å². The van der Waals surface area contributed by atoms with Crippen LogP contribution in [0.15, 0.2) is 36.4 Å². The lowest BCUT2D eigenvalue weighted by Gasteiger charge is -2.17. The molecule has 7 heteroatoms. The van der Waals surface area contributed by atoms with Gasteiger partial charge >= 0.3 is 0 Å². The zero-order valence-electron chi connectivity index (χ0n) is 20.0. The Morgan fingerprint density at radius 3 is 2.21 bits per heavy atom. The molecule has 1 N–H and O–H groups in total. The van der Waals surface area contributed by atoms with Gasteiger partial charge in [0.15, 0.2) is 23.0 Å². The van der Waals surface area contributed by atoms with Gasteiger partial charge in [-0.15, -0.1) is 0 Å². The molecule has 1 unspecified atom stereocenters. The number of benzene rings is 2. The third-order valence-electron chi connectivity index (χ3n) is 5.17. The maximum atomic E-state index is 12.4. The highest BCUT2D eigenvalue weighted by Crippen LogP contribution is 2.31.